The van der Waals surface area contributed by atoms with Gasteiger partial charge in [-0.2, -0.15) is 5.21 Å². The van der Waals surface area contributed by atoms with Crippen molar-refractivity contribution in [2.24, 2.45) is 0 Å². The van der Waals surface area contributed by atoms with Crippen LogP contribution in [0.3, 0.4) is 0 Å². The molecule has 0 saturated heterocycles. The van der Waals surface area contributed by atoms with E-state index in [-0.39, 0.29) is 0 Å². The van der Waals surface area contributed by atoms with Gasteiger partial charge in [-0.25, -0.2) is 9.97 Å². The quantitative estimate of drug-likeness (QED) is 0.269. The smallest absolute Gasteiger partial charge is 0.205 e. The van der Waals surface area contributed by atoms with Crippen molar-refractivity contribution in [2.45, 2.75) is 40.2 Å². The molecule has 0 radical (unpaired) electrons. The zero-order valence-corrected chi connectivity index (χ0v) is 21.8. The first-order valence-electron chi connectivity index (χ1n) is 13.0. The zero-order valence-electron chi connectivity index (χ0n) is 21.8. The van der Waals surface area contributed by atoms with Crippen LogP contribution < -0.4 is 0 Å². The van der Waals surface area contributed by atoms with Crippen molar-refractivity contribution in [2.75, 3.05) is 0 Å². The highest BCUT2D eigenvalue weighted by molar-refractivity contribution is 5.84. The molecule has 38 heavy (non-hydrogen) atoms. The molecular formula is C31H29N7. The molecule has 1 N–H and O–H groups in total. The third-order valence-corrected chi connectivity index (χ3v) is 7.05. The normalized spacial score (nSPS) is 11.3. The molecule has 0 aliphatic rings. The van der Waals surface area contributed by atoms with Gasteiger partial charge in [-0.1, -0.05) is 85.3 Å². The predicted molar refractivity (Wildman–Crippen MR) is 151 cm³/mol. The van der Waals surface area contributed by atoms with Gasteiger partial charge in [0.1, 0.15) is 11.3 Å². The van der Waals surface area contributed by atoms with Crippen LogP contribution in [0.5, 0.6) is 0 Å². The fourth-order valence-corrected chi connectivity index (χ4v) is 5.00. The van der Waals surface area contributed by atoms with Crippen molar-refractivity contribution in [3.63, 3.8) is 0 Å². The van der Waals surface area contributed by atoms with E-state index in [0.29, 0.717) is 5.82 Å². The van der Waals surface area contributed by atoms with Crippen LogP contribution in [0.15, 0.2) is 79.0 Å². The number of pyridine rings is 1. The van der Waals surface area contributed by atoms with Crippen LogP contribution >= 0.6 is 0 Å². The fourth-order valence-electron chi connectivity index (χ4n) is 5.00. The Hall–Kier alpha value is -4.65. The first-order chi connectivity index (χ1) is 18.6. The molecule has 7 nitrogen and oxygen atoms in total. The van der Waals surface area contributed by atoms with Crippen LogP contribution in [-0.4, -0.2) is 35.2 Å². The minimum atomic E-state index is 0.588. The number of nitrogens with zero attached hydrogens (tertiary/aromatic N) is 6. The standard InChI is InChI=1S/C31H29N7/c1-4-7-28-33-29-21(3)27(24-14-10-20(2)11-15-24)18-32-31(29)38(28)19-22-12-16-23(17-13-22)25-8-5-6-9-26(25)30-34-36-37-35-30/h5-6,8-18H,4,7,19H2,1-3H3,(H,34,35,36,37). The number of nitrogens with one attached hydrogen (secondary N) is 1. The lowest BCUT2D eigenvalue weighted by Crippen LogP contribution is -2.06. The molecular weight excluding hydrogens is 470 g/mol. The Morgan fingerprint density at radius 2 is 1.53 bits per heavy atom. The second-order valence-corrected chi connectivity index (χ2v) is 9.68. The molecule has 0 atom stereocenters. The lowest BCUT2D eigenvalue weighted by molar-refractivity contribution is 0.717. The van der Waals surface area contributed by atoms with Gasteiger partial charge in [0.25, 0.3) is 0 Å². The number of H-pyrrole nitrogens is 1. The summed E-state index contributed by atoms with van der Waals surface area (Å²) in [4.78, 5) is 10.0. The van der Waals surface area contributed by atoms with Gasteiger partial charge in [-0.15, -0.1) is 10.2 Å². The Morgan fingerprint density at radius 1 is 0.816 bits per heavy atom. The number of aryl methyl sites for hydroxylation is 3. The average molecular weight is 500 g/mol. The van der Waals surface area contributed by atoms with Gasteiger partial charge in [0, 0.05) is 23.7 Å². The van der Waals surface area contributed by atoms with Gasteiger partial charge >= 0.3 is 0 Å². The second kappa shape index (κ2) is 10.0. The summed E-state index contributed by atoms with van der Waals surface area (Å²) in [6, 6.07) is 25.4. The van der Waals surface area contributed by atoms with Gasteiger partial charge in [0.15, 0.2) is 5.65 Å². The summed E-state index contributed by atoms with van der Waals surface area (Å²) < 4.78 is 2.27. The van der Waals surface area contributed by atoms with Crippen molar-refractivity contribution in [1.29, 1.82) is 0 Å². The number of rotatable bonds is 7. The number of hydrogen-bond donors (Lipinski definition) is 1. The van der Waals surface area contributed by atoms with Gasteiger partial charge in [0.05, 0.1) is 6.54 Å². The van der Waals surface area contributed by atoms with Crippen molar-refractivity contribution in [3.8, 4) is 33.6 Å². The molecule has 7 heteroatoms. The molecule has 0 bridgehead atoms. The Bertz CT molecular complexity index is 1700. The second-order valence-electron chi connectivity index (χ2n) is 9.68. The molecule has 3 heterocycles. The third-order valence-electron chi connectivity index (χ3n) is 7.05. The summed E-state index contributed by atoms with van der Waals surface area (Å²) in [5.74, 6) is 1.66. The van der Waals surface area contributed by atoms with Crippen molar-refractivity contribution < 1.29 is 0 Å². The van der Waals surface area contributed by atoms with Crippen molar-refractivity contribution in [3.05, 3.63) is 102 Å². The molecule has 6 rings (SSSR count). The minimum Gasteiger partial charge on any atom is -0.308 e. The van der Waals surface area contributed by atoms with Gasteiger partial charge < -0.3 is 4.57 Å². The summed E-state index contributed by atoms with van der Waals surface area (Å²) in [5.41, 5.74) is 11.0. The van der Waals surface area contributed by atoms with E-state index in [0.717, 1.165) is 58.6 Å². The maximum absolute atomic E-state index is 5.08. The van der Waals surface area contributed by atoms with Crippen LogP contribution in [0, 0.1) is 13.8 Å². The third kappa shape index (κ3) is 4.36. The number of hydrogen-bond acceptors (Lipinski definition) is 5. The van der Waals surface area contributed by atoms with Crippen LogP contribution in [-0.2, 0) is 13.0 Å². The topological polar surface area (TPSA) is 85.2 Å². The molecule has 0 amide bonds. The molecule has 0 spiro atoms. The highest BCUT2D eigenvalue weighted by Crippen LogP contribution is 2.31. The molecule has 188 valence electrons. The van der Waals surface area contributed by atoms with E-state index in [1.54, 1.807) is 0 Å². The predicted octanol–water partition coefficient (Wildman–Crippen LogP) is 6.56. The van der Waals surface area contributed by atoms with Crippen molar-refractivity contribution in [1.82, 2.24) is 35.2 Å². The first-order valence-corrected chi connectivity index (χ1v) is 13.0. The largest absolute Gasteiger partial charge is 0.308 e. The van der Waals surface area contributed by atoms with E-state index in [9.17, 15) is 0 Å². The fraction of sp³-hybridized carbons (Fsp3) is 0.194. The number of fused-ring (bicyclic) bond motifs is 1. The van der Waals surface area contributed by atoms with Gasteiger partial charge in [0.2, 0.25) is 5.82 Å². The van der Waals surface area contributed by atoms with Crippen LogP contribution in [0.25, 0.3) is 44.8 Å². The number of imidazole rings is 1. The van der Waals surface area contributed by atoms with Gasteiger partial charge in [-0.05, 0) is 53.3 Å². The first kappa shape index (κ1) is 23.7. The Kier molecular flexibility index (Phi) is 6.25. The van der Waals surface area contributed by atoms with Gasteiger partial charge in [-0.3, -0.25) is 0 Å². The van der Waals surface area contributed by atoms with E-state index in [2.05, 4.69) is 101 Å². The Balaban J connectivity index is 1.35. The molecule has 3 aromatic carbocycles. The molecule has 0 aliphatic heterocycles. The van der Waals surface area contributed by atoms with E-state index in [4.69, 9.17) is 9.97 Å². The zero-order chi connectivity index (χ0) is 26.1. The molecule has 0 fully saturated rings. The van der Waals surface area contributed by atoms with E-state index in [1.165, 1.54) is 22.3 Å². The average Bonchev–Trinajstić information content (AvgIpc) is 3.60. The maximum Gasteiger partial charge on any atom is 0.205 e. The summed E-state index contributed by atoms with van der Waals surface area (Å²) in [7, 11) is 0. The molecule has 6 aromatic rings. The molecule has 0 unspecified atom stereocenters. The molecule has 3 aromatic heterocycles. The highest BCUT2D eigenvalue weighted by atomic mass is 15.5. The summed E-state index contributed by atoms with van der Waals surface area (Å²) >= 11 is 0. The Morgan fingerprint density at radius 3 is 2.24 bits per heavy atom. The van der Waals surface area contributed by atoms with E-state index < -0.39 is 0 Å². The number of aromatic amines is 1. The molecule has 0 saturated carbocycles. The molecule has 0 aliphatic carbocycles. The van der Waals surface area contributed by atoms with Crippen LogP contribution in [0.4, 0.5) is 0 Å². The summed E-state index contributed by atoms with van der Waals surface area (Å²) in [6.45, 7) is 7.17. The SMILES string of the molecule is CCCc1nc2c(C)c(-c3ccc(C)cc3)cnc2n1Cc1ccc(-c2ccccc2-c2nn[nH]n2)cc1. The number of aromatic nitrogens is 7. The maximum atomic E-state index is 5.08. The highest BCUT2D eigenvalue weighted by Gasteiger charge is 2.17. The minimum absolute atomic E-state index is 0.588. The van der Waals surface area contributed by atoms with E-state index in [1.807, 2.05) is 24.4 Å². The summed E-state index contributed by atoms with van der Waals surface area (Å²) in [6.07, 6.45) is 3.93. The lowest BCUT2D eigenvalue weighted by Gasteiger charge is -2.11. The number of tetrazole rings is 1. The lowest BCUT2D eigenvalue weighted by atomic mass is 9.98. The van der Waals surface area contributed by atoms with Crippen LogP contribution in [0.1, 0.15) is 35.9 Å². The monoisotopic (exact) mass is 499 g/mol. The summed E-state index contributed by atoms with van der Waals surface area (Å²) in [5, 5.41) is 14.6. The van der Waals surface area contributed by atoms with Crippen LogP contribution in [0.2, 0.25) is 0 Å². The Labute approximate surface area is 221 Å². The van der Waals surface area contributed by atoms with Crippen molar-refractivity contribution >= 4 is 11.2 Å². The van der Waals surface area contributed by atoms with E-state index >= 15 is 0 Å². The number of benzene rings is 3.